The van der Waals surface area contributed by atoms with Crippen molar-refractivity contribution < 1.29 is 9.84 Å². The molecule has 0 aliphatic heterocycles. The van der Waals surface area contributed by atoms with Gasteiger partial charge >= 0.3 is 0 Å². The lowest BCUT2D eigenvalue weighted by Crippen LogP contribution is -2.33. The van der Waals surface area contributed by atoms with E-state index < -0.39 is 5.60 Å². The summed E-state index contributed by atoms with van der Waals surface area (Å²) in [5.41, 5.74) is 8.02. The summed E-state index contributed by atoms with van der Waals surface area (Å²) in [5, 5.41) is 10.5. The molecular formula is C13H19NO2. The summed E-state index contributed by atoms with van der Waals surface area (Å²) >= 11 is 0. The molecule has 0 saturated carbocycles. The number of ether oxygens (including phenoxy) is 1. The summed E-state index contributed by atoms with van der Waals surface area (Å²) in [4.78, 5) is 0. The van der Waals surface area contributed by atoms with Crippen LogP contribution in [-0.2, 0) is 5.60 Å². The van der Waals surface area contributed by atoms with E-state index in [1.807, 2.05) is 19.1 Å². The van der Waals surface area contributed by atoms with Gasteiger partial charge in [0.25, 0.3) is 0 Å². The minimum atomic E-state index is -0.882. The van der Waals surface area contributed by atoms with Crippen molar-refractivity contribution in [1.82, 2.24) is 0 Å². The summed E-state index contributed by atoms with van der Waals surface area (Å²) in [7, 11) is 1.66. The molecule has 0 spiro atoms. The smallest absolute Gasteiger partial charge is 0.122 e. The highest BCUT2D eigenvalue weighted by Crippen LogP contribution is 2.49. The standard InChI is InChI=1S/C13H19NO2/c1-8-4-5-10(16-3)11-9(2)6-13(15,7-14)12(8)11/h4-5,9,15H,6-7,14H2,1-3H3. The molecule has 0 amide bonds. The summed E-state index contributed by atoms with van der Waals surface area (Å²) in [5.74, 6) is 1.15. The molecule has 1 aliphatic carbocycles. The summed E-state index contributed by atoms with van der Waals surface area (Å²) in [6.07, 6.45) is 0.681. The molecule has 2 atom stereocenters. The Morgan fingerprint density at radius 3 is 2.81 bits per heavy atom. The molecule has 88 valence electrons. The van der Waals surface area contributed by atoms with Crippen LogP contribution in [0.5, 0.6) is 5.75 Å². The van der Waals surface area contributed by atoms with Gasteiger partial charge in [-0.15, -0.1) is 0 Å². The highest BCUT2D eigenvalue weighted by atomic mass is 16.5. The average Bonchev–Trinajstić information content (AvgIpc) is 2.54. The van der Waals surface area contributed by atoms with Gasteiger partial charge in [-0.1, -0.05) is 13.0 Å². The predicted octanol–water partition coefficient (Wildman–Crippen LogP) is 1.66. The molecule has 0 fully saturated rings. The first-order valence-electron chi connectivity index (χ1n) is 5.64. The fraction of sp³-hybridized carbons (Fsp3) is 0.538. The molecular weight excluding hydrogens is 202 g/mol. The highest BCUT2D eigenvalue weighted by molar-refractivity contribution is 5.53. The number of nitrogens with two attached hydrogens (primary N) is 1. The summed E-state index contributed by atoms with van der Waals surface area (Å²) in [6, 6.07) is 3.95. The quantitative estimate of drug-likeness (QED) is 0.798. The largest absolute Gasteiger partial charge is 0.496 e. The molecule has 3 heteroatoms. The van der Waals surface area contributed by atoms with E-state index >= 15 is 0 Å². The number of aliphatic hydroxyl groups is 1. The van der Waals surface area contributed by atoms with Crippen LogP contribution in [-0.4, -0.2) is 18.8 Å². The fourth-order valence-corrected chi connectivity index (χ4v) is 2.89. The van der Waals surface area contributed by atoms with Crippen LogP contribution >= 0.6 is 0 Å². The molecule has 0 aromatic heterocycles. The third kappa shape index (κ3) is 1.43. The maximum atomic E-state index is 10.5. The first-order chi connectivity index (χ1) is 7.53. The number of methoxy groups -OCH3 is 1. The molecule has 2 unspecified atom stereocenters. The number of hydrogen-bond acceptors (Lipinski definition) is 3. The predicted molar refractivity (Wildman–Crippen MR) is 63.7 cm³/mol. The van der Waals surface area contributed by atoms with E-state index in [1.54, 1.807) is 7.11 Å². The van der Waals surface area contributed by atoms with Crippen molar-refractivity contribution >= 4 is 0 Å². The molecule has 0 saturated heterocycles. The van der Waals surface area contributed by atoms with E-state index in [2.05, 4.69) is 6.92 Å². The van der Waals surface area contributed by atoms with Gasteiger partial charge < -0.3 is 15.6 Å². The van der Waals surface area contributed by atoms with Crippen molar-refractivity contribution in [2.75, 3.05) is 13.7 Å². The Balaban J connectivity index is 2.68. The van der Waals surface area contributed by atoms with E-state index in [9.17, 15) is 5.11 Å². The molecule has 3 nitrogen and oxygen atoms in total. The third-order valence-electron chi connectivity index (χ3n) is 3.57. The van der Waals surface area contributed by atoms with Crippen LogP contribution in [0.3, 0.4) is 0 Å². The first kappa shape index (κ1) is 11.4. The van der Waals surface area contributed by atoms with Crippen LogP contribution < -0.4 is 10.5 Å². The lowest BCUT2D eigenvalue weighted by Gasteiger charge is -2.23. The molecule has 0 heterocycles. The van der Waals surface area contributed by atoms with Crippen molar-refractivity contribution in [1.29, 1.82) is 0 Å². The van der Waals surface area contributed by atoms with Gasteiger partial charge in [0, 0.05) is 12.1 Å². The van der Waals surface area contributed by atoms with Gasteiger partial charge in [0.15, 0.2) is 0 Å². The van der Waals surface area contributed by atoms with E-state index in [0.717, 1.165) is 22.4 Å². The fourth-order valence-electron chi connectivity index (χ4n) is 2.89. The second kappa shape index (κ2) is 3.75. The van der Waals surface area contributed by atoms with Crippen LogP contribution in [0.4, 0.5) is 0 Å². The van der Waals surface area contributed by atoms with Crippen LogP contribution in [0.2, 0.25) is 0 Å². The molecule has 0 radical (unpaired) electrons. The van der Waals surface area contributed by atoms with Gasteiger partial charge in [0.05, 0.1) is 7.11 Å². The summed E-state index contributed by atoms with van der Waals surface area (Å²) < 4.78 is 5.37. The minimum Gasteiger partial charge on any atom is -0.496 e. The zero-order valence-corrected chi connectivity index (χ0v) is 10.1. The van der Waals surface area contributed by atoms with E-state index in [4.69, 9.17) is 10.5 Å². The Labute approximate surface area is 96.2 Å². The molecule has 1 aromatic carbocycles. The molecule has 1 aromatic rings. The van der Waals surface area contributed by atoms with Gasteiger partial charge in [-0.25, -0.2) is 0 Å². The topological polar surface area (TPSA) is 55.5 Å². The van der Waals surface area contributed by atoms with Gasteiger partial charge in [0.2, 0.25) is 0 Å². The number of rotatable bonds is 2. The van der Waals surface area contributed by atoms with Crippen LogP contribution in [0, 0.1) is 6.92 Å². The number of fused-ring (bicyclic) bond motifs is 1. The normalized spacial score (nSPS) is 27.9. The monoisotopic (exact) mass is 221 g/mol. The lowest BCUT2D eigenvalue weighted by molar-refractivity contribution is 0.0434. The Morgan fingerprint density at radius 1 is 1.56 bits per heavy atom. The van der Waals surface area contributed by atoms with Crippen molar-refractivity contribution in [3.63, 3.8) is 0 Å². The zero-order valence-electron chi connectivity index (χ0n) is 10.1. The van der Waals surface area contributed by atoms with E-state index in [1.165, 1.54) is 0 Å². The van der Waals surface area contributed by atoms with Crippen LogP contribution in [0.25, 0.3) is 0 Å². The zero-order chi connectivity index (χ0) is 11.9. The SMILES string of the molecule is COc1ccc(C)c2c1C(C)CC2(O)CN. The Morgan fingerprint density at radius 2 is 2.25 bits per heavy atom. The molecule has 2 rings (SSSR count). The lowest BCUT2D eigenvalue weighted by atomic mass is 9.92. The number of hydrogen-bond donors (Lipinski definition) is 2. The number of aryl methyl sites for hydroxylation is 1. The van der Waals surface area contributed by atoms with Crippen molar-refractivity contribution in [2.45, 2.75) is 31.8 Å². The van der Waals surface area contributed by atoms with Crippen LogP contribution in [0.15, 0.2) is 12.1 Å². The first-order valence-corrected chi connectivity index (χ1v) is 5.64. The molecule has 3 N–H and O–H groups in total. The minimum absolute atomic E-state index is 0.262. The molecule has 16 heavy (non-hydrogen) atoms. The third-order valence-corrected chi connectivity index (χ3v) is 3.57. The Kier molecular flexibility index (Phi) is 2.68. The Bertz CT molecular complexity index is 417. The molecule has 1 aliphatic rings. The van der Waals surface area contributed by atoms with Gasteiger partial charge in [-0.05, 0) is 36.5 Å². The number of benzene rings is 1. The van der Waals surface area contributed by atoms with Gasteiger partial charge in [-0.3, -0.25) is 0 Å². The van der Waals surface area contributed by atoms with E-state index in [-0.39, 0.29) is 6.54 Å². The highest BCUT2D eigenvalue weighted by Gasteiger charge is 2.42. The maximum Gasteiger partial charge on any atom is 0.122 e. The Hall–Kier alpha value is -1.06. The van der Waals surface area contributed by atoms with Crippen molar-refractivity contribution in [3.05, 3.63) is 28.8 Å². The summed E-state index contributed by atoms with van der Waals surface area (Å²) in [6.45, 7) is 4.38. The van der Waals surface area contributed by atoms with Crippen LogP contribution in [0.1, 0.15) is 36.0 Å². The second-order valence-electron chi connectivity index (χ2n) is 4.71. The van der Waals surface area contributed by atoms with E-state index in [0.29, 0.717) is 12.3 Å². The maximum absolute atomic E-state index is 10.5. The second-order valence-corrected chi connectivity index (χ2v) is 4.71. The van der Waals surface area contributed by atoms with Crippen molar-refractivity contribution in [2.24, 2.45) is 5.73 Å². The average molecular weight is 221 g/mol. The van der Waals surface area contributed by atoms with Crippen molar-refractivity contribution in [3.8, 4) is 5.75 Å². The van der Waals surface area contributed by atoms with Gasteiger partial charge in [0.1, 0.15) is 11.4 Å². The van der Waals surface area contributed by atoms with Gasteiger partial charge in [-0.2, -0.15) is 0 Å². The molecule has 0 bridgehead atoms.